The van der Waals surface area contributed by atoms with Gasteiger partial charge < -0.3 is 5.32 Å². The van der Waals surface area contributed by atoms with Gasteiger partial charge in [0.2, 0.25) is 5.91 Å². The molecule has 3 aromatic rings. The quantitative estimate of drug-likeness (QED) is 0.686. The summed E-state index contributed by atoms with van der Waals surface area (Å²) in [4.78, 5) is 21.4. The SMILES string of the molecule is Cc1csc(NC(=O)C(C)Sc2cc(C)c3cccc(C)c3n2)n1. The zero-order valence-corrected chi connectivity index (χ0v) is 15.7. The molecule has 0 aliphatic carbocycles. The number of pyridine rings is 1. The molecule has 2 aromatic heterocycles. The second kappa shape index (κ2) is 6.91. The zero-order valence-electron chi connectivity index (χ0n) is 14.1. The molecule has 0 saturated heterocycles. The minimum absolute atomic E-state index is 0.0568. The highest BCUT2D eigenvalue weighted by molar-refractivity contribution is 8.00. The van der Waals surface area contributed by atoms with Crippen molar-refractivity contribution in [2.45, 2.75) is 38.0 Å². The number of aromatic nitrogens is 2. The number of nitrogens with zero attached hydrogens (tertiary/aromatic N) is 2. The molecule has 0 saturated carbocycles. The van der Waals surface area contributed by atoms with Gasteiger partial charge in [0.05, 0.1) is 21.5 Å². The Morgan fingerprint density at radius 1 is 1.21 bits per heavy atom. The van der Waals surface area contributed by atoms with Gasteiger partial charge in [-0.2, -0.15) is 0 Å². The molecule has 0 spiro atoms. The predicted octanol–water partition coefficient (Wildman–Crippen LogP) is 4.74. The molecule has 0 aliphatic rings. The van der Waals surface area contributed by atoms with E-state index in [0.29, 0.717) is 5.13 Å². The van der Waals surface area contributed by atoms with Gasteiger partial charge in [0.15, 0.2) is 5.13 Å². The molecule has 1 amide bonds. The Hall–Kier alpha value is -1.92. The topological polar surface area (TPSA) is 54.9 Å². The lowest BCUT2D eigenvalue weighted by molar-refractivity contribution is -0.115. The highest BCUT2D eigenvalue weighted by Gasteiger charge is 2.17. The lowest BCUT2D eigenvalue weighted by Gasteiger charge is -2.12. The lowest BCUT2D eigenvalue weighted by Crippen LogP contribution is -2.22. The first kappa shape index (κ1) is 16.9. The van der Waals surface area contributed by atoms with Gasteiger partial charge in [-0.3, -0.25) is 4.79 Å². The third-order valence-corrected chi connectivity index (χ3v) is 5.63. The van der Waals surface area contributed by atoms with Crippen molar-refractivity contribution in [2.24, 2.45) is 0 Å². The maximum absolute atomic E-state index is 12.3. The summed E-state index contributed by atoms with van der Waals surface area (Å²) in [5.41, 5.74) is 4.24. The van der Waals surface area contributed by atoms with Crippen molar-refractivity contribution >= 4 is 45.0 Å². The van der Waals surface area contributed by atoms with Crippen LogP contribution in [-0.2, 0) is 4.79 Å². The van der Waals surface area contributed by atoms with Crippen molar-refractivity contribution in [2.75, 3.05) is 5.32 Å². The Morgan fingerprint density at radius 2 is 2.00 bits per heavy atom. The van der Waals surface area contributed by atoms with E-state index in [-0.39, 0.29) is 11.2 Å². The van der Waals surface area contributed by atoms with Crippen LogP contribution in [0, 0.1) is 20.8 Å². The number of anilines is 1. The summed E-state index contributed by atoms with van der Waals surface area (Å²) in [5.74, 6) is -0.0568. The minimum Gasteiger partial charge on any atom is -0.301 e. The van der Waals surface area contributed by atoms with Gasteiger partial charge in [-0.15, -0.1) is 11.3 Å². The molecule has 24 heavy (non-hydrogen) atoms. The third-order valence-electron chi connectivity index (χ3n) is 3.74. The standard InChI is InChI=1S/C18H19N3OS2/c1-10-6-5-7-14-11(2)8-15(20-16(10)14)24-13(4)17(22)21-18-19-12(3)9-23-18/h5-9,13H,1-4H3,(H,19,21,22). The average molecular weight is 358 g/mol. The number of thioether (sulfide) groups is 1. The van der Waals surface area contributed by atoms with E-state index in [1.165, 1.54) is 28.7 Å². The van der Waals surface area contributed by atoms with Gasteiger partial charge in [-0.05, 0) is 44.9 Å². The van der Waals surface area contributed by atoms with E-state index >= 15 is 0 Å². The molecule has 0 fully saturated rings. The fourth-order valence-corrected chi connectivity index (χ4v) is 4.05. The Kier molecular flexibility index (Phi) is 4.87. The van der Waals surface area contributed by atoms with Crippen molar-refractivity contribution in [3.63, 3.8) is 0 Å². The molecular formula is C18H19N3OS2. The molecule has 0 radical (unpaired) electrons. The number of para-hydroxylation sites is 1. The van der Waals surface area contributed by atoms with Crippen LogP contribution >= 0.6 is 23.1 Å². The Morgan fingerprint density at radius 3 is 2.71 bits per heavy atom. The molecule has 1 atom stereocenters. The Balaban J connectivity index is 1.78. The number of carbonyl (C=O) groups is 1. The van der Waals surface area contributed by atoms with E-state index in [4.69, 9.17) is 4.98 Å². The molecule has 1 aromatic carbocycles. The number of rotatable bonds is 4. The first-order chi connectivity index (χ1) is 11.4. The molecule has 4 nitrogen and oxygen atoms in total. The number of carbonyl (C=O) groups excluding carboxylic acids is 1. The van der Waals surface area contributed by atoms with Gasteiger partial charge >= 0.3 is 0 Å². The van der Waals surface area contributed by atoms with Crippen molar-refractivity contribution in [3.05, 3.63) is 46.5 Å². The number of hydrogen-bond donors (Lipinski definition) is 1. The molecule has 2 heterocycles. The van der Waals surface area contributed by atoms with Crippen LogP contribution in [0.5, 0.6) is 0 Å². The van der Waals surface area contributed by atoms with Gasteiger partial charge in [0.1, 0.15) is 0 Å². The number of thiazole rings is 1. The summed E-state index contributed by atoms with van der Waals surface area (Å²) in [6.45, 7) is 7.94. The number of hydrogen-bond acceptors (Lipinski definition) is 5. The molecule has 0 bridgehead atoms. The van der Waals surface area contributed by atoms with Crippen LogP contribution < -0.4 is 5.32 Å². The largest absolute Gasteiger partial charge is 0.301 e. The van der Waals surface area contributed by atoms with Crippen LogP contribution in [0.4, 0.5) is 5.13 Å². The first-order valence-electron chi connectivity index (χ1n) is 7.70. The normalized spacial score (nSPS) is 12.3. The van der Waals surface area contributed by atoms with Crippen LogP contribution in [0.1, 0.15) is 23.7 Å². The Bertz CT molecular complexity index is 904. The molecular weight excluding hydrogens is 338 g/mol. The number of nitrogens with one attached hydrogen (secondary N) is 1. The average Bonchev–Trinajstić information content (AvgIpc) is 2.93. The summed E-state index contributed by atoms with van der Waals surface area (Å²) in [7, 11) is 0. The lowest BCUT2D eigenvalue weighted by atomic mass is 10.1. The van der Waals surface area contributed by atoms with Crippen molar-refractivity contribution in [3.8, 4) is 0 Å². The monoisotopic (exact) mass is 357 g/mol. The zero-order chi connectivity index (χ0) is 17.3. The van der Waals surface area contributed by atoms with Crippen molar-refractivity contribution in [1.29, 1.82) is 0 Å². The van der Waals surface area contributed by atoms with E-state index in [9.17, 15) is 4.79 Å². The predicted molar refractivity (Wildman–Crippen MR) is 102 cm³/mol. The van der Waals surface area contributed by atoms with Gasteiger partial charge in [-0.25, -0.2) is 9.97 Å². The molecule has 1 N–H and O–H groups in total. The van der Waals surface area contributed by atoms with E-state index in [1.54, 1.807) is 0 Å². The summed E-state index contributed by atoms with van der Waals surface area (Å²) in [6, 6.07) is 8.24. The number of benzene rings is 1. The maximum Gasteiger partial charge on any atom is 0.239 e. The van der Waals surface area contributed by atoms with E-state index < -0.39 is 0 Å². The number of amides is 1. The fourth-order valence-electron chi connectivity index (χ4n) is 2.44. The van der Waals surface area contributed by atoms with Crippen LogP contribution in [0.2, 0.25) is 0 Å². The maximum atomic E-state index is 12.3. The van der Waals surface area contributed by atoms with Crippen LogP contribution in [-0.4, -0.2) is 21.1 Å². The third kappa shape index (κ3) is 3.60. The molecule has 124 valence electrons. The van der Waals surface area contributed by atoms with Gasteiger partial charge in [-0.1, -0.05) is 30.0 Å². The molecule has 6 heteroatoms. The smallest absolute Gasteiger partial charge is 0.239 e. The summed E-state index contributed by atoms with van der Waals surface area (Å²) < 4.78 is 0. The van der Waals surface area contributed by atoms with Crippen LogP contribution in [0.3, 0.4) is 0 Å². The first-order valence-corrected chi connectivity index (χ1v) is 9.46. The van der Waals surface area contributed by atoms with Crippen LogP contribution in [0.25, 0.3) is 10.9 Å². The van der Waals surface area contributed by atoms with E-state index in [0.717, 1.165) is 27.2 Å². The summed E-state index contributed by atoms with van der Waals surface area (Å²) in [6.07, 6.45) is 0. The Labute approximate surface area is 149 Å². The number of aryl methyl sites for hydroxylation is 3. The van der Waals surface area contributed by atoms with E-state index in [2.05, 4.69) is 36.3 Å². The van der Waals surface area contributed by atoms with Crippen LogP contribution in [0.15, 0.2) is 34.7 Å². The minimum atomic E-state index is -0.248. The second-order valence-corrected chi connectivity index (χ2v) is 8.01. The molecule has 1 unspecified atom stereocenters. The van der Waals surface area contributed by atoms with Gasteiger partial charge in [0.25, 0.3) is 0 Å². The van der Waals surface area contributed by atoms with Crippen molar-refractivity contribution in [1.82, 2.24) is 9.97 Å². The highest BCUT2D eigenvalue weighted by atomic mass is 32.2. The molecule has 0 aliphatic heterocycles. The number of fused-ring (bicyclic) bond motifs is 1. The van der Waals surface area contributed by atoms with E-state index in [1.807, 2.05) is 31.4 Å². The summed E-state index contributed by atoms with van der Waals surface area (Å²) >= 11 is 2.91. The highest BCUT2D eigenvalue weighted by Crippen LogP contribution is 2.28. The molecule has 3 rings (SSSR count). The van der Waals surface area contributed by atoms with Crippen molar-refractivity contribution < 1.29 is 4.79 Å². The van der Waals surface area contributed by atoms with Gasteiger partial charge in [0, 0.05) is 10.8 Å². The fraction of sp³-hybridized carbons (Fsp3) is 0.278. The summed E-state index contributed by atoms with van der Waals surface area (Å²) in [5, 5.41) is 7.21. The second-order valence-electron chi connectivity index (χ2n) is 5.79.